The number of carbonyl (C=O) groups is 1. The molecule has 0 radical (unpaired) electrons. The molecule has 0 saturated carbocycles. The third-order valence-corrected chi connectivity index (χ3v) is 7.61. The second-order valence-corrected chi connectivity index (χ2v) is 10.2. The molecule has 7 heteroatoms. The van der Waals surface area contributed by atoms with Crippen molar-refractivity contribution in [1.82, 2.24) is 4.90 Å². The number of hydrogen-bond acceptors (Lipinski definition) is 5. The van der Waals surface area contributed by atoms with Crippen molar-refractivity contribution in [3.05, 3.63) is 134 Å². The van der Waals surface area contributed by atoms with Gasteiger partial charge in [-0.3, -0.25) is 9.59 Å². The summed E-state index contributed by atoms with van der Waals surface area (Å²) in [7, 11) is 1.62. The zero-order valence-electron chi connectivity index (χ0n) is 22.0. The van der Waals surface area contributed by atoms with E-state index in [4.69, 9.17) is 25.5 Å². The average Bonchev–Trinajstić information content (AvgIpc) is 3.25. The molecule has 2 heterocycles. The van der Waals surface area contributed by atoms with Gasteiger partial charge in [-0.05, 0) is 78.6 Å². The van der Waals surface area contributed by atoms with Crippen LogP contribution in [0, 0.1) is 6.92 Å². The van der Waals surface area contributed by atoms with Crippen LogP contribution in [-0.2, 0) is 6.42 Å². The Bertz CT molecular complexity index is 1780. The Hall–Kier alpha value is -4.55. The quantitative estimate of drug-likeness (QED) is 0.212. The molecule has 0 bridgehead atoms. The lowest BCUT2D eigenvalue weighted by Gasteiger charge is -2.25. The molecule has 0 saturated heterocycles. The summed E-state index contributed by atoms with van der Waals surface area (Å²) in [6.07, 6.45) is 0.582. The van der Waals surface area contributed by atoms with E-state index in [2.05, 4.69) is 0 Å². The number of fused-ring (bicyclic) bond motifs is 2. The average molecular weight is 552 g/mol. The van der Waals surface area contributed by atoms with Gasteiger partial charge in [0.05, 0.1) is 24.1 Å². The van der Waals surface area contributed by atoms with Gasteiger partial charge in [0.15, 0.2) is 5.43 Å². The molecule has 5 aromatic rings. The van der Waals surface area contributed by atoms with Gasteiger partial charge in [0.25, 0.3) is 5.91 Å². The number of aryl methyl sites for hydroxylation is 1. The number of amides is 1. The third-order valence-electron chi connectivity index (χ3n) is 7.20. The van der Waals surface area contributed by atoms with E-state index in [0.29, 0.717) is 46.0 Å². The highest BCUT2D eigenvalue weighted by Crippen LogP contribution is 2.40. The van der Waals surface area contributed by atoms with Gasteiger partial charge in [0.1, 0.15) is 22.8 Å². The van der Waals surface area contributed by atoms with Crippen molar-refractivity contribution in [3.63, 3.8) is 0 Å². The number of benzene rings is 4. The molecule has 1 aliphatic heterocycles. The number of carbonyl (C=O) groups excluding carboxylic acids is 1. The molecule has 1 aliphatic rings. The first-order valence-electron chi connectivity index (χ1n) is 13.0. The van der Waals surface area contributed by atoms with Crippen LogP contribution in [0.15, 0.2) is 100 Å². The molecule has 1 aromatic heterocycles. The Morgan fingerprint density at radius 2 is 1.62 bits per heavy atom. The lowest BCUT2D eigenvalue weighted by Crippen LogP contribution is -2.31. The molecule has 1 atom stereocenters. The third kappa shape index (κ3) is 4.71. The molecule has 4 aromatic carbocycles. The molecule has 1 amide bonds. The van der Waals surface area contributed by atoms with E-state index in [1.165, 1.54) is 0 Å². The van der Waals surface area contributed by atoms with Crippen LogP contribution in [0.5, 0.6) is 17.2 Å². The lowest BCUT2D eigenvalue weighted by molar-refractivity contribution is 0.0730. The number of hydrogen-bond donors (Lipinski definition) is 0. The molecule has 0 spiro atoms. The molecule has 6 rings (SSSR count). The number of nitrogens with zero attached hydrogens (tertiary/aromatic N) is 1. The van der Waals surface area contributed by atoms with Crippen molar-refractivity contribution in [2.24, 2.45) is 0 Å². The normalized spacial score (nSPS) is 14.4. The van der Waals surface area contributed by atoms with E-state index in [1.807, 2.05) is 85.8 Å². The van der Waals surface area contributed by atoms with Crippen molar-refractivity contribution in [3.8, 4) is 17.2 Å². The Labute approximate surface area is 236 Å². The van der Waals surface area contributed by atoms with Gasteiger partial charge in [0.2, 0.25) is 5.76 Å². The van der Waals surface area contributed by atoms with Crippen LogP contribution in [0.2, 0.25) is 5.02 Å². The number of para-hydroxylation sites is 1. The molecule has 0 aliphatic carbocycles. The zero-order chi connectivity index (χ0) is 27.8. The van der Waals surface area contributed by atoms with E-state index in [-0.39, 0.29) is 17.1 Å². The maximum Gasteiger partial charge on any atom is 0.290 e. The summed E-state index contributed by atoms with van der Waals surface area (Å²) >= 11 is 6.37. The SMILES string of the molecule is COc1ccc(CCN2C(=O)c3oc4cc(C)c(Cl)cc4c(=O)c3C2c2cccc(Oc3ccccc3)c2)cc1. The molecule has 6 nitrogen and oxygen atoms in total. The van der Waals surface area contributed by atoms with Gasteiger partial charge >= 0.3 is 0 Å². The van der Waals surface area contributed by atoms with Crippen LogP contribution < -0.4 is 14.9 Å². The number of ether oxygens (including phenoxy) is 2. The van der Waals surface area contributed by atoms with Gasteiger partial charge in [-0.25, -0.2) is 0 Å². The first-order valence-corrected chi connectivity index (χ1v) is 13.3. The summed E-state index contributed by atoms with van der Waals surface area (Å²) in [6.45, 7) is 2.21. The van der Waals surface area contributed by atoms with Crippen LogP contribution >= 0.6 is 11.6 Å². The summed E-state index contributed by atoms with van der Waals surface area (Å²) in [6, 6.07) is 27.3. The van der Waals surface area contributed by atoms with E-state index in [9.17, 15) is 9.59 Å². The predicted octanol–water partition coefficient (Wildman–Crippen LogP) is 7.34. The molecule has 0 fully saturated rings. The van der Waals surface area contributed by atoms with Gasteiger partial charge < -0.3 is 18.8 Å². The van der Waals surface area contributed by atoms with Crippen LogP contribution in [0.1, 0.15) is 38.9 Å². The predicted molar refractivity (Wildman–Crippen MR) is 155 cm³/mol. The summed E-state index contributed by atoms with van der Waals surface area (Å²) in [5, 5.41) is 0.816. The van der Waals surface area contributed by atoms with Gasteiger partial charge in [-0.2, -0.15) is 0 Å². The van der Waals surface area contributed by atoms with E-state index in [0.717, 1.165) is 22.4 Å². The second-order valence-electron chi connectivity index (χ2n) is 9.76. The van der Waals surface area contributed by atoms with E-state index in [1.54, 1.807) is 24.1 Å². The molecule has 0 N–H and O–H groups in total. The monoisotopic (exact) mass is 551 g/mol. The van der Waals surface area contributed by atoms with Crippen molar-refractivity contribution in [1.29, 1.82) is 0 Å². The number of halogens is 1. The lowest BCUT2D eigenvalue weighted by atomic mass is 9.97. The Kier molecular flexibility index (Phi) is 6.78. The Morgan fingerprint density at radius 3 is 2.38 bits per heavy atom. The standard InChI is InChI=1S/C33H26ClNO5/c1-20-17-28-26(19-27(20)34)31(36)29-30(22-7-6-10-25(18-22)39-24-8-4-3-5-9-24)35(33(37)32(29)40-28)16-15-21-11-13-23(38-2)14-12-21/h3-14,17-19,30H,15-16H2,1-2H3. The minimum Gasteiger partial charge on any atom is -0.497 e. The van der Waals surface area contributed by atoms with Gasteiger partial charge in [-0.15, -0.1) is 0 Å². The first kappa shape index (κ1) is 25.7. The smallest absolute Gasteiger partial charge is 0.290 e. The Morgan fingerprint density at radius 1 is 0.875 bits per heavy atom. The molecule has 40 heavy (non-hydrogen) atoms. The maximum atomic E-state index is 13.9. The zero-order valence-corrected chi connectivity index (χ0v) is 22.8. The fourth-order valence-corrected chi connectivity index (χ4v) is 5.30. The Balaban J connectivity index is 1.44. The maximum absolute atomic E-state index is 13.9. The summed E-state index contributed by atoms with van der Waals surface area (Å²) in [5.74, 6) is 1.79. The topological polar surface area (TPSA) is 69.0 Å². The summed E-state index contributed by atoms with van der Waals surface area (Å²) in [5.41, 5.74) is 2.94. The van der Waals surface area contributed by atoms with Gasteiger partial charge in [-0.1, -0.05) is 54.1 Å². The number of methoxy groups -OCH3 is 1. The first-order chi connectivity index (χ1) is 19.4. The molecular formula is C33H26ClNO5. The minimum atomic E-state index is -0.652. The highest BCUT2D eigenvalue weighted by Gasteiger charge is 2.42. The van der Waals surface area contributed by atoms with E-state index < -0.39 is 6.04 Å². The van der Waals surface area contributed by atoms with Crippen molar-refractivity contribution in [2.75, 3.05) is 13.7 Å². The van der Waals surface area contributed by atoms with Crippen molar-refractivity contribution in [2.45, 2.75) is 19.4 Å². The minimum absolute atomic E-state index is 0.0633. The summed E-state index contributed by atoms with van der Waals surface area (Å²) in [4.78, 5) is 29.5. The van der Waals surface area contributed by atoms with Crippen molar-refractivity contribution < 1.29 is 18.7 Å². The second kappa shape index (κ2) is 10.5. The van der Waals surface area contributed by atoms with Crippen LogP contribution in [-0.4, -0.2) is 24.5 Å². The van der Waals surface area contributed by atoms with Crippen molar-refractivity contribution >= 4 is 28.5 Å². The fourth-order valence-electron chi connectivity index (χ4n) is 5.13. The van der Waals surface area contributed by atoms with Crippen LogP contribution in [0.4, 0.5) is 0 Å². The largest absolute Gasteiger partial charge is 0.497 e. The highest BCUT2D eigenvalue weighted by molar-refractivity contribution is 6.32. The number of rotatable bonds is 7. The van der Waals surface area contributed by atoms with E-state index >= 15 is 0 Å². The highest BCUT2D eigenvalue weighted by atomic mass is 35.5. The molecule has 1 unspecified atom stereocenters. The van der Waals surface area contributed by atoms with Crippen LogP contribution in [0.25, 0.3) is 11.0 Å². The summed E-state index contributed by atoms with van der Waals surface area (Å²) < 4.78 is 17.5. The fraction of sp³-hybridized carbons (Fsp3) is 0.152. The van der Waals surface area contributed by atoms with Crippen LogP contribution in [0.3, 0.4) is 0 Å². The molecule has 200 valence electrons. The van der Waals surface area contributed by atoms with Gasteiger partial charge in [0, 0.05) is 11.6 Å². The molecular weight excluding hydrogens is 526 g/mol.